The molecule has 1 heteroatoms. The van der Waals surface area contributed by atoms with Crippen LogP contribution in [-0.2, 0) is 6.42 Å². The predicted molar refractivity (Wildman–Crippen MR) is 91.4 cm³/mol. The van der Waals surface area contributed by atoms with Gasteiger partial charge in [-0.15, -0.1) is 0 Å². The van der Waals surface area contributed by atoms with E-state index in [1.165, 1.54) is 50.5 Å². The number of unbranched alkanes of at least 4 members (excludes halogenated alkanes) is 5. The highest BCUT2D eigenvalue weighted by Gasteiger charge is 1.98. The van der Waals surface area contributed by atoms with E-state index in [-0.39, 0.29) is 0 Å². The molecule has 1 nitrogen and oxygen atoms in total. The minimum absolute atomic E-state index is 1.01. The molecule has 0 bridgehead atoms. The summed E-state index contributed by atoms with van der Waals surface area (Å²) in [6, 6.07) is 18.8. The van der Waals surface area contributed by atoms with Crippen molar-refractivity contribution >= 4 is 11.4 Å². The van der Waals surface area contributed by atoms with Crippen LogP contribution in [0.15, 0.2) is 54.6 Å². The van der Waals surface area contributed by atoms with Crippen molar-refractivity contribution in [2.45, 2.75) is 51.9 Å². The summed E-state index contributed by atoms with van der Waals surface area (Å²) < 4.78 is 0. The average Bonchev–Trinajstić information content (AvgIpc) is 2.53. The third-order valence-corrected chi connectivity index (χ3v) is 3.77. The lowest BCUT2D eigenvalue weighted by Crippen LogP contribution is -1.90. The Morgan fingerprint density at radius 3 is 2.00 bits per heavy atom. The summed E-state index contributed by atoms with van der Waals surface area (Å²) >= 11 is 0. The molecule has 0 saturated carbocycles. The van der Waals surface area contributed by atoms with Crippen LogP contribution in [-0.4, -0.2) is 0 Å². The Labute approximate surface area is 129 Å². The zero-order valence-corrected chi connectivity index (χ0v) is 13.1. The van der Waals surface area contributed by atoms with E-state index in [1.54, 1.807) is 0 Å². The van der Waals surface area contributed by atoms with E-state index in [9.17, 15) is 0 Å². The van der Waals surface area contributed by atoms with Gasteiger partial charge in [-0.1, -0.05) is 69.4 Å². The van der Waals surface area contributed by atoms with Gasteiger partial charge in [0, 0.05) is 0 Å². The van der Waals surface area contributed by atoms with Crippen molar-refractivity contribution in [2.24, 2.45) is 0 Å². The van der Waals surface area contributed by atoms with E-state index in [0.29, 0.717) is 0 Å². The Kier molecular flexibility index (Phi) is 6.87. The molecule has 0 spiro atoms. The number of hydrogen-bond donors (Lipinski definition) is 0. The number of hydrogen-bond acceptors (Lipinski definition) is 0. The fraction of sp³-hybridized carbons (Fsp3) is 0.400. The van der Waals surface area contributed by atoms with Gasteiger partial charge >= 0.3 is 0 Å². The van der Waals surface area contributed by atoms with Crippen molar-refractivity contribution in [1.82, 2.24) is 5.32 Å². The maximum Gasteiger partial charge on any atom is 0.0637 e. The molecule has 0 aromatic heterocycles. The van der Waals surface area contributed by atoms with Gasteiger partial charge in [0.1, 0.15) is 0 Å². The summed E-state index contributed by atoms with van der Waals surface area (Å²) in [5.41, 5.74) is 3.48. The minimum atomic E-state index is 1.01. The summed E-state index contributed by atoms with van der Waals surface area (Å²) in [5, 5.41) is 4.61. The second-order valence-electron chi connectivity index (χ2n) is 5.63. The topological polar surface area (TPSA) is 14.1 Å². The third kappa shape index (κ3) is 6.03. The molecular weight excluding hydrogens is 254 g/mol. The highest BCUT2D eigenvalue weighted by atomic mass is 14.9. The molecular formula is C20H26N. The molecule has 0 N–H and O–H groups in total. The van der Waals surface area contributed by atoms with Crippen LogP contribution in [0.2, 0.25) is 0 Å². The lowest BCUT2D eigenvalue weighted by molar-refractivity contribution is 0.607. The fourth-order valence-electron chi connectivity index (χ4n) is 2.50. The molecule has 0 amide bonds. The van der Waals surface area contributed by atoms with Gasteiger partial charge in [0.2, 0.25) is 0 Å². The summed E-state index contributed by atoms with van der Waals surface area (Å²) in [5.74, 6) is 0. The van der Waals surface area contributed by atoms with Crippen LogP contribution in [0.1, 0.15) is 51.0 Å². The Hall–Kier alpha value is -1.76. The molecule has 0 saturated heterocycles. The van der Waals surface area contributed by atoms with E-state index in [0.717, 1.165) is 11.4 Å². The standard InChI is InChI=1S/C20H26N/c1-2-3-4-5-6-8-11-18-14-16-20(17-15-18)21-19-12-9-7-10-13-19/h7,9-10,12-17H,2-6,8,11H2,1H3. The Morgan fingerprint density at radius 1 is 0.667 bits per heavy atom. The lowest BCUT2D eigenvalue weighted by atomic mass is 10.0. The van der Waals surface area contributed by atoms with Gasteiger partial charge < -0.3 is 0 Å². The smallest absolute Gasteiger partial charge is 0.0637 e. The quantitative estimate of drug-likeness (QED) is 0.489. The molecule has 0 heterocycles. The summed E-state index contributed by atoms with van der Waals surface area (Å²) in [6.45, 7) is 2.27. The number of aryl methyl sites for hydroxylation is 1. The molecule has 2 aromatic rings. The number of benzene rings is 2. The van der Waals surface area contributed by atoms with Crippen molar-refractivity contribution in [1.29, 1.82) is 0 Å². The van der Waals surface area contributed by atoms with Crippen LogP contribution >= 0.6 is 0 Å². The van der Waals surface area contributed by atoms with Crippen molar-refractivity contribution < 1.29 is 0 Å². The molecule has 0 atom stereocenters. The second kappa shape index (κ2) is 9.23. The van der Waals surface area contributed by atoms with Crippen LogP contribution in [0.3, 0.4) is 0 Å². The largest absolute Gasteiger partial charge is 0.249 e. The van der Waals surface area contributed by atoms with E-state index < -0.39 is 0 Å². The normalized spacial score (nSPS) is 10.5. The van der Waals surface area contributed by atoms with E-state index in [4.69, 9.17) is 0 Å². The Bertz CT molecular complexity index is 487. The van der Waals surface area contributed by atoms with E-state index in [2.05, 4.69) is 36.5 Å². The molecule has 0 aliphatic carbocycles. The highest BCUT2D eigenvalue weighted by molar-refractivity contribution is 5.48. The molecule has 111 valence electrons. The van der Waals surface area contributed by atoms with Crippen molar-refractivity contribution in [3.05, 3.63) is 60.2 Å². The van der Waals surface area contributed by atoms with Crippen molar-refractivity contribution in [2.75, 3.05) is 0 Å². The maximum absolute atomic E-state index is 4.61. The third-order valence-electron chi connectivity index (χ3n) is 3.77. The van der Waals surface area contributed by atoms with Crippen LogP contribution in [0.5, 0.6) is 0 Å². The zero-order chi connectivity index (χ0) is 14.8. The maximum atomic E-state index is 4.61. The van der Waals surface area contributed by atoms with Gasteiger partial charge in [0.15, 0.2) is 0 Å². The van der Waals surface area contributed by atoms with Gasteiger partial charge in [0.05, 0.1) is 11.4 Å². The second-order valence-corrected chi connectivity index (χ2v) is 5.63. The first-order chi connectivity index (χ1) is 10.4. The number of para-hydroxylation sites is 1. The first kappa shape index (κ1) is 15.6. The lowest BCUT2D eigenvalue weighted by Gasteiger charge is -2.05. The Balaban J connectivity index is 1.72. The van der Waals surface area contributed by atoms with Gasteiger partial charge in [-0.3, -0.25) is 0 Å². The molecule has 0 fully saturated rings. The van der Waals surface area contributed by atoms with Gasteiger partial charge in [-0.05, 0) is 42.7 Å². The molecule has 1 radical (unpaired) electrons. The fourth-order valence-corrected chi connectivity index (χ4v) is 2.50. The van der Waals surface area contributed by atoms with Crippen molar-refractivity contribution in [3.63, 3.8) is 0 Å². The molecule has 0 aliphatic rings. The van der Waals surface area contributed by atoms with E-state index >= 15 is 0 Å². The molecule has 2 aromatic carbocycles. The first-order valence-corrected chi connectivity index (χ1v) is 8.24. The minimum Gasteiger partial charge on any atom is -0.249 e. The van der Waals surface area contributed by atoms with Gasteiger partial charge in [-0.2, -0.15) is 0 Å². The number of nitrogens with zero attached hydrogens (tertiary/aromatic N) is 1. The summed E-state index contributed by atoms with van der Waals surface area (Å²) in [4.78, 5) is 0. The predicted octanol–water partition coefficient (Wildman–Crippen LogP) is 6.16. The molecule has 0 aliphatic heterocycles. The number of rotatable bonds is 9. The molecule has 0 unspecified atom stereocenters. The van der Waals surface area contributed by atoms with Crippen LogP contribution in [0.25, 0.3) is 0 Å². The monoisotopic (exact) mass is 280 g/mol. The highest BCUT2D eigenvalue weighted by Crippen LogP contribution is 2.18. The van der Waals surface area contributed by atoms with Crippen LogP contribution in [0.4, 0.5) is 11.4 Å². The summed E-state index contributed by atoms with van der Waals surface area (Å²) in [7, 11) is 0. The SMILES string of the molecule is CCCCCCCCc1ccc([N]c2ccccc2)cc1. The van der Waals surface area contributed by atoms with Crippen molar-refractivity contribution in [3.8, 4) is 0 Å². The van der Waals surface area contributed by atoms with Crippen LogP contribution in [0, 0.1) is 0 Å². The average molecular weight is 280 g/mol. The molecule has 2 rings (SSSR count). The first-order valence-electron chi connectivity index (χ1n) is 8.24. The van der Waals surface area contributed by atoms with Crippen LogP contribution < -0.4 is 5.32 Å². The summed E-state index contributed by atoms with van der Waals surface area (Å²) in [6.07, 6.45) is 9.34. The van der Waals surface area contributed by atoms with Gasteiger partial charge in [0.25, 0.3) is 0 Å². The zero-order valence-electron chi connectivity index (χ0n) is 13.1. The molecule has 21 heavy (non-hydrogen) atoms. The van der Waals surface area contributed by atoms with Gasteiger partial charge in [-0.25, -0.2) is 5.32 Å². The Morgan fingerprint density at radius 2 is 1.29 bits per heavy atom. The van der Waals surface area contributed by atoms with E-state index in [1.807, 2.05) is 30.3 Å².